The molecule has 0 aromatic carbocycles. The first-order chi connectivity index (χ1) is 15.0. The number of nitrogens with two attached hydrogens (primary N) is 3. The number of carbonyl (C=O) groups excluding carboxylic acids is 5. The molecule has 0 spiro atoms. The smallest absolute Gasteiger partial charge is 0.326 e. The van der Waals surface area contributed by atoms with Crippen molar-refractivity contribution in [1.29, 1.82) is 0 Å². The van der Waals surface area contributed by atoms with Gasteiger partial charge in [-0.1, -0.05) is 0 Å². The molecule has 0 saturated heterocycles. The van der Waals surface area contributed by atoms with Crippen LogP contribution in [0.2, 0.25) is 0 Å². The number of nitrogens with one attached hydrogen (secondary N) is 4. The Balaban J connectivity index is 2.75. The van der Waals surface area contributed by atoms with Gasteiger partial charge in [-0.05, 0) is 6.42 Å². The number of aromatic nitrogens is 2. The van der Waals surface area contributed by atoms with Gasteiger partial charge in [0.2, 0.25) is 29.5 Å². The Bertz CT molecular complexity index is 842. The zero-order valence-corrected chi connectivity index (χ0v) is 17.0. The van der Waals surface area contributed by atoms with Crippen molar-refractivity contribution in [2.45, 2.75) is 43.8 Å². The van der Waals surface area contributed by atoms with Crippen molar-refractivity contribution < 1.29 is 33.9 Å². The molecular formula is C17H26N8O7. The molecule has 0 aliphatic rings. The number of amides is 5. The van der Waals surface area contributed by atoms with Crippen LogP contribution in [-0.4, -0.2) is 75.2 Å². The first-order valence-corrected chi connectivity index (χ1v) is 9.39. The van der Waals surface area contributed by atoms with Gasteiger partial charge >= 0.3 is 5.97 Å². The van der Waals surface area contributed by atoms with Crippen molar-refractivity contribution in [3.63, 3.8) is 0 Å². The molecule has 1 heterocycles. The number of carboxylic acid groups (broad SMARTS) is 1. The van der Waals surface area contributed by atoms with E-state index in [-0.39, 0.29) is 19.3 Å². The normalized spacial score (nSPS) is 13.3. The van der Waals surface area contributed by atoms with Gasteiger partial charge in [-0.15, -0.1) is 0 Å². The lowest BCUT2D eigenvalue weighted by atomic mass is 10.1. The number of nitrogens with zero attached hydrogens (tertiary/aromatic N) is 1. The summed E-state index contributed by atoms with van der Waals surface area (Å²) in [5, 5.41) is 15.9. The van der Waals surface area contributed by atoms with Gasteiger partial charge in [0.15, 0.2) is 0 Å². The van der Waals surface area contributed by atoms with Gasteiger partial charge in [0.1, 0.15) is 12.1 Å². The predicted octanol–water partition coefficient (Wildman–Crippen LogP) is -4.41. The van der Waals surface area contributed by atoms with E-state index in [0.29, 0.717) is 5.69 Å². The molecule has 0 saturated carbocycles. The van der Waals surface area contributed by atoms with Gasteiger partial charge in [-0.3, -0.25) is 24.0 Å². The number of primary amides is 2. The molecule has 15 heteroatoms. The molecule has 0 bridgehead atoms. The molecule has 3 atom stereocenters. The summed E-state index contributed by atoms with van der Waals surface area (Å²) in [6.07, 6.45) is 1.88. The summed E-state index contributed by atoms with van der Waals surface area (Å²) in [5.41, 5.74) is 16.0. The second kappa shape index (κ2) is 12.6. The average molecular weight is 454 g/mol. The summed E-state index contributed by atoms with van der Waals surface area (Å²) in [6, 6.07) is -3.92. The molecule has 0 radical (unpaired) electrons. The van der Waals surface area contributed by atoms with E-state index >= 15 is 0 Å². The van der Waals surface area contributed by atoms with E-state index in [1.807, 2.05) is 0 Å². The third-order valence-electron chi connectivity index (χ3n) is 4.11. The van der Waals surface area contributed by atoms with E-state index < -0.39 is 66.6 Å². The zero-order chi connectivity index (χ0) is 24.3. The lowest BCUT2D eigenvalue weighted by Crippen LogP contribution is -2.55. The number of carboxylic acids is 1. The number of carbonyl (C=O) groups is 6. The summed E-state index contributed by atoms with van der Waals surface area (Å²) < 4.78 is 0. The van der Waals surface area contributed by atoms with Crippen LogP contribution >= 0.6 is 0 Å². The Morgan fingerprint density at radius 3 is 2.25 bits per heavy atom. The molecule has 1 rings (SSSR count). The lowest BCUT2D eigenvalue weighted by molar-refractivity contribution is -0.143. The maximum absolute atomic E-state index is 12.6. The summed E-state index contributed by atoms with van der Waals surface area (Å²) >= 11 is 0. The van der Waals surface area contributed by atoms with E-state index in [0.717, 1.165) is 0 Å². The number of aliphatic carboxylic acids is 1. The fourth-order valence-electron chi connectivity index (χ4n) is 2.47. The molecule has 11 N–H and O–H groups in total. The highest BCUT2D eigenvalue weighted by atomic mass is 16.4. The number of aromatic amines is 1. The molecule has 0 aliphatic heterocycles. The van der Waals surface area contributed by atoms with Crippen molar-refractivity contribution >= 4 is 35.5 Å². The van der Waals surface area contributed by atoms with Crippen molar-refractivity contribution in [2.75, 3.05) is 6.54 Å². The van der Waals surface area contributed by atoms with Gasteiger partial charge < -0.3 is 43.2 Å². The van der Waals surface area contributed by atoms with Crippen LogP contribution in [0, 0.1) is 0 Å². The first kappa shape index (κ1) is 26.0. The Hall–Kier alpha value is -4.01. The quantitative estimate of drug-likeness (QED) is 0.135. The minimum Gasteiger partial charge on any atom is -0.480 e. The molecular weight excluding hydrogens is 428 g/mol. The number of H-pyrrole nitrogens is 1. The molecule has 1 aromatic rings. The van der Waals surface area contributed by atoms with Gasteiger partial charge in [0, 0.05) is 24.7 Å². The van der Waals surface area contributed by atoms with Gasteiger partial charge in [-0.2, -0.15) is 0 Å². The van der Waals surface area contributed by atoms with Crippen molar-refractivity contribution in [1.82, 2.24) is 25.9 Å². The summed E-state index contributed by atoms with van der Waals surface area (Å²) in [4.78, 5) is 76.3. The Morgan fingerprint density at radius 1 is 1.03 bits per heavy atom. The summed E-state index contributed by atoms with van der Waals surface area (Å²) in [7, 11) is 0. The predicted molar refractivity (Wildman–Crippen MR) is 107 cm³/mol. The minimum absolute atomic E-state index is 0.00984. The highest BCUT2D eigenvalue weighted by Crippen LogP contribution is 2.01. The maximum Gasteiger partial charge on any atom is 0.326 e. The highest BCUT2D eigenvalue weighted by molar-refractivity contribution is 5.93. The third kappa shape index (κ3) is 9.66. The van der Waals surface area contributed by atoms with E-state index in [9.17, 15) is 28.8 Å². The molecule has 32 heavy (non-hydrogen) atoms. The van der Waals surface area contributed by atoms with E-state index in [1.54, 1.807) is 0 Å². The molecule has 3 unspecified atom stereocenters. The van der Waals surface area contributed by atoms with Gasteiger partial charge in [-0.25, -0.2) is 9.78 Å². The van der Waals surface area contributed by atoms with Crippen LogP contribution in [0.1, 0.15) is 25.0 Å². The topological polar surface area (TPSA) is 265 Å². The first-order valence-electron chi connectivity index (χ1n) is 9.39. The molecule has 15 nitrogen and oxygen atoms in total. The maximum atomic E-state index is 12.6. The third-order valence-corrected chi connectivity index (χ3v) is 4.11. The Kier molecular flexibility index (Phi) is 10.3. The zero-order valence-electron chi connectivity index (χ0n) is 17.0. The van der Waals surface area contributed by atoms with E-state index in [1.165, 1.54) is 12.5 Å². The standard InChI is InChI=1S/C17H26N8O7/c18-9(1-2-12(19)26)15(29)22-6-14(28)24-10(3-8-5-21-7-23-8)16(30)25-11(17(31)32)4-13(20)27/h5,7,9-11H,1-4,6,18H2,(H2,19,26)(H2,20,27)(H,21,23)(H,22,29)(H,24,28)(H,25,30)(H,31,32). The van der Waals surface area contributed by atoms with Crippen LogP contribution in [0.4, 0.5) is 0 Å². The fourth-order valence-corrected chi connectivity index (χ4v) is 2.47. The van der Waals surface area contributed by atoms with Crippen LogP contribution < -0.4 is 33.2 Å². The molecule has 1 aromatic heterocycles. The fraction of sp³-hybridized carbons (Fsp3) is 0.471. The summed E-state index contributed by atoms with van der Waals surface area (Å²) in [6.45, 7) is -0.542. The molecule has 0 fully saturated rings. The number of hydrogen-bond donors (Lipinski definition) is 8. The van der Waals surface area contributed by atoms with Crippen LogP contribution in [0.3, 0.4) is 0 Å². The second-order valence-electron chi connectivity index (χ2n) is 6.80. The van der Waals surface area contributed by atoms with Crippen molar-refractivity contribution in [3.05, 3.63) is 18.2 Å². The number of imidazole rings is 1. The largest absolute Gasteiger partial charge is 0.480 e. The van der Waals surface area contributed by atoms with E-state index in [2.05, 4.69) is 25.9 Å². The van der Waals surface area contributed by atoms with Crippen LogP contribution in [-0.2, 0) is 35.2 Å². The monoisotopic (exact) mass is 454 g/mol. The number of rotatable bonds is 14. The van der Waals surface area contributed by atoms with Crippen LogP contribution in [0.25, 0.3) is 0 Å². The minimum atomic E-state index is -1.59. The summed E-state index contributed by atoms with van der Waals surface area (Å²) in [5.74, 6) is -5.44. The van der Waals surface area contributed by atoms with Gasteiger partial charge in [0.05, 0.1) is 25.3 Å². The van der Waals surface area contributed by atoms with E-state index in [4.69, 9.17) is 22.3 Å². The lowest BCUT2D eigenvalue weighted by Gasteiger charge is -2.21. The number of hydrogen-bond acceptors (Lipinski definition) is 8. The van der Waals surface area contributed by atoms with Gasteiger partial charge in [0.25, 0.3) is 0 Å². The highest BCUT2D eigenvalue weighted by Gasteiger charge is 2.28. The SMILES string of the molecule is NC(=O)CCC(N)C(=O)NCC(=O)NC(Cc1cnc[nH]1)C(=O)NC(CC(N)=O)C(=O)O. The Labute approximate surface area is 181 Å². The van der Waals surface area contributed by atoms with Crippen molar-refractivity contribution in [2.24, 2.45) is 17.2 Å². The van der Waals surface area contributed by atoms with Crippen molar-refractivity contribution in [3.8, 4) is 0 Å². The average Bonchev–Trinajstić information content (AvgIpc) is 3.21. The molecule has 176 valence electrons. The van der Waals surface area contributed by atoms with Crippen LogP contribution in [0.5, 0.6) is 0 Å². The Morgan fingerprint density at radius 2 is 1.72 bits per heavy atom. The second-order valence-corrected chi connectivity index (χ2v) is 6.80. The molecule has 0 aliphatic carbocycles. The molecule has 5 amide bonds. The van der Waals surface area contributed by atoms with Crippen LogP contribution in [0.15, 0.2) is 12.5 Å².